The topological polar surface area (TPSA) is 121 Å². The fourth-order valence-electron chi connectivity index (χ4n) is 1.38. The maximum atomic E-state index is 10.8. The number of nitrogens with zero attached hydrogens (tertiary/aromatic N) is 1. The molecule has 17 heavy (non-hydrogen) atoms. The molecule has 1 aromatic carbocycles. The molecule has 92 valence electrons. The van der Waals surface area contributed by atoms with E-state index in [0.29, 0.717) is 11.3 Å². The summed E-state index contributed by atoms with van der Waals surface area (Å²) in [5.74, 6) is -0.231. The van der Waals surface area contributed by atoms with E-state index in [-0.39, 0.29) is 12.1 Å². The van der Waals surface area contributed by atoms with Crippen molar-refractivity contribution in [3.8, 4) is 5.75 Å². The van der Waals surface area contributed by atoms with Gasteiger partial charge >= 0.3 is 0 Å². The number of benzene rings is 1. The number of hydrogen-bond donors (Lipinski definition) is 2. The first-order valence-corrected chi connectivity index (χ1v) is 4.82. The molecule has 0 aromatic heterocycles. The van der Waals surface area contributed by atoms with Crippen molar-refractivity contribution in [3.05, 3.63) is 33.9 Å². The van der Waals surface area contributed by atoms with Crippen molar-refractivity contribution in [1.29, 1.82) is 0 Å². The van der Waals surface area contributed by atoms with Crippen LogP contribution in [0.1, 0.15) is 5.56 Å². The molecule has 0 heterocycles. The number of carbonyl (C=O) groups is 1. The van der Waals surface area contributed by atoms with E-state index in [9.17, 15) is 14.9 Å². The van der Waals surface area contributed by atoms with Gasteiger partial charge < -0.3 is 16.2 Å². The standard InChI is InChI=1S/C10H13N3O4/c1-17-9-3-2-7(13(15)16)4-6(9)5-8(11)10(12)14/h2-4,8H,5,11H2,1H3,(H2,12,14). The number of primary amides is 1. The quantitative estimate of drug-likeness (QED) is 0.551. The van der Waals surface area contributed by atoms with Crippen molar-refractivity contribution in [3.63, 3.8) is 0 Å². The highest BCUT2D eigenvalue weighted by atomic mass is 16.6. The molecule has 1 rings (SSSR count). The average molecular weight is 239 g/mol. The van der Waals surface area contributed by atoms with Crippen LogP contribution in [-0.2, 0) is 11.2 Å². The van der Waals surface area contributed by atoms with E-state index in [4.69, 9.17) is 16.2 Å². The zero-order valence-corrected chi connectivity index (χ0v) is 9.25. The molecule has 1 aromatic rings. The number of rotatable bonds is 5. The number of non-ortho nitro benzene ring substituents is 1. The summed E-state index contributed by atoms with van der Waals surface area (Å²) in [4.78, 5) is 20.9. The van der Waals surface area contributed by atoms with Gasteiger partial charge in [0.15, 0.2) is 0 Å². The Kier molecular flexibility index (Phi) is 4.00. The van der Waals surface area contributed by atoms with Gasteiger partial charge in [0.05, 0.1) is 18.1 Å². The SMILES string of the molecule is COc1ccc([N+](=O)[O-])cc1CC(N)C(N)=O. The first kappa shape index (κ1) is 12.9. The molecular formula is C10H13N3O4. The molecule has 0 spiro atoms. The summed E-state index contributed by atoms with van der Waals surface area (Å²) in [7, 11) is 1.43. The molecule has 0 bridgehead atoms. The number of nitro groups is 1. The lowest BCUT2D eigenvalue weighted by Crippen LogP contribution is -2.38. The Morgan fingerprint density at radius 3 is 2.71 bits per heavy atom. The number of carbonyl (C=O) groups excluding carboxylic acids is 1. The highest BCUT2D eigenvalue weighted by Crippen LogP contribution is 2.24. The Balaban J connectivity index is 3.06. The molecule has 0 aliphatic carbocycles. The lowest BCUT2D eigenvalue weighted by molar-refractivity contribution is -0.384. The summed E-state index contributed by atoms with van der Waals surface area (Å²) in [5, 5.41) is 10.6. The number of hydrogen-bond acceptors (Lipinski definition) is 5. The fourth-order valence-corrected chi connectivity index (χ4v) is 1.38. The van der Waals surface area contributed by atoms with Crippen LogP contribution in [0.3, 0.4) is 0 Å². The Labute approximate surface area is 97.5 Å². The highest BCUT2D eigenvalue weighted by molar-refractivity contribution is 5.80. The van der Waals surface area contributed by atoms with Crippen molar-refractivity contribution < 1.29 is 14.5 Å². The van der Waals surface area contributed by atoms with Gasteiger partial charge in [0.1, 0.15) is 5.75 Å². The molecule has 0 aliphatic rings. The van der Waals surface area contributed by atoms with Crippen molar-refractivity contribution in [2.75, 3.05) is 7.11 Å². The smallest absolute Gasteiger partial charge is 0.269 e. The lowest BCUT2D eigenvalue weighted by atomic mass is 10.0. The summed E-state index contributed by atoms with van der Waals surface area (Å²) in [5.41, 5.74) is 10.9. The summed E-state index contributed by atoms with van der Waals surface area (Å²) in [6, 6.07) is 3.20. The van der Waals surface area contributed by atoms with Crippen molar-refractivity contribution in [2.24, 2.45) is 11.5 Å². The Hall–Kier alpha value is -2.15. The maximum absolute atomic E-state index is 10.8. The second-order valence-electron chi connectivity index (χ2n) is 3.47. The number of amides is 1. The van der Waals surface area contributed by atoms with Gasteiger partial charge in [0.25, 0.3) is 5.69 Å². The second kappa shape index (κ2) is 5.26. The van der Waals surface area contributed by atoms with E-state index in [2.05, 4.69) is 0 Å². The zero-order chi connectivity index (χ0) is 13.0. The number of ether oxygens (including phenoxy) is 1. The van der Waals surface area contributed by atoms with Gasteiger partial charge in [-0.25, -0.2) is 0 Å². The predicted molar refractivity (Wildman–Crippen MR) is 60.5 cm³/mol. The third-order valence-corrected chi connectivity index (χ3v) is 2.28. The van der Waals surface area contributed by atoms with E-state index in [0.717, 1.165) is 0 Å². The minimum absolute atomic E-state index is 0.0857. The lowest BCUT2D eigenvalue weighted by Gasteiger charge is -2.11. The molecule has 1 amide bonds. The first-order chi connectivity index (χ1) is 7.95. The first-order valence-electron chi connectivity index (χ1n) is 4.82. The molecule has 0 aliphatic heterocycles. The summed E-state index contributed by atoms with van der Waals surface area (Å²) < 4.78 is 5.03. The monoisotopic (exact) mass is 239 g/mol. The van der Waals surface area contributed by atoms with Crippen LogP contribution in [-0.4, -0.2) is 24.0 Å². The summed E-state index contributed by atoms with van der Waals surface area (Å²) >= 11 is 0. The van der Waals surface area contributed by atoms with Gasteiger partial charge in [-0.05, 0) is 6.07 Å². The zero-order valence-electron chi connectivity index (χ0n) is 9.25. The van der Waals surface area contributed by atoms with Gasteiger partial charge in [0, 0.05) is 24.1 Å². The third kappa shape index (κ3) is 3.15. The number of nitro benzene ring substituents is 1. The van der Waals surface area contributed by atoms with E-state index >= 15 is 0 Å². The molecule has 4 N–H and O–H groups in total. The van der Waals surface area contributed by atoms with Gasteiger partial charge in [0.2, 0.25) is 5.91 Å². The van der Waals surface area contributed by atoms with Crippen molar-refractivity contribution in [1.82, 2.24) is 0 Å². The average Bonchev–Trinajstić information content (AvgIpc) is 2.28. The van der Waals surface area contributed by atoms with Gasteiger partial charge in [-0.3, -0.25) is 14.9 Å². The molecular weight excluding hydrogens is 226 g/mol. The van der Waals surface area contributed by atoms with Gasteiger partial charge in [-0.2, -0.15) is 0 Å². The van der Waals surface area contributed by atoms with Crippen LogP contribution in [0.15, 0.2) is 18.2 Å². The minimum atomic E-state index is -0.897. The van der Waals surface area contributed by atoms with E-state index in [1.807, 2.05) is 0 Å². The number of nitrogens with two attached hydrogens (primary N) is 2. The van der Waals surface area contributed by atoms with Gasteiger partial charge in [-0.1, -0.05) is 0 Å². The molecule has 1 atom stereocenters. The van der Waals surface area contributed by atoms with Crippen LogP contribution in [0.25, 0.3) is 0 Å². The Morgan fingerprint density at radius 1 is 1.59 bits per heavy atom. The molecule has 7 heteroatoms. The Bertz CT molecular complexity index is 447. The molecule has 0 radical (unpaired) electrons. The largest absolute Gasteiger partial charge is 0.496 e. The molecule has 0 saturated heterocycles. The van der Waals surface area contributed by atoms with Crippen molar-refractivity contribution in [2.45, 2.75) is 12.5 Å². The second-order valence-corrected chi connectivity index (χ2v) is 3.47. The highest BCUT2D eigenvalue weighted by Gasteiger charge is 2.16. The molecule has 7 nitrogen and oxygen atoms in total. The van der Waals surface area contributed by atoms with Crippen LogP contribution in [0.2, 0.25) is 0 Å². The van der Waals surface area contributed by atoms with Gasteiger partial charge in [-0.15, -0.1) is 0 Å². The Morgan fingerprint density at radius 2 is 2.24 bits per heavy atom. The van der Waals surface area contributed by atoms with E-state index in [1.54, 1.807) is 0 Å². The third-order valence-electron chi connectivity index (χ3n) is 2.28. The predicted octanol–water partition coefficient (Wildman–Crippen LogP) is -0.0415. The van der Waals surface area contributed by atoms with Crippen LogP contribution < -0.4 is 16.2 Å². The van der Waals surface area contributed by atoms with Crippen LogP contribution in [0.5, 0.6) is 5.75 Å². The van der Waals surface area contributed by atoms with Crippen molar-refractivity contribution >= 4 is 11.6 Å². The molecule has 1 unspecified atom stereocenters. The van der Waals surface area contributed by atoms with E-state index < -0.39 is 16.9 Å². The summed E-state index contributed by atoms with van der Waals surface area (Å²) in [6.45, 7) is 0. The maximum Gasteiger partial charge on any atom is 0.269 e. The minimum Gasteiger partial charge on any atom is -0.496 e. The molecule has 0 saturated carbocycles. The van der Waals surface area contributed by atoms with E-state index in [1.165, 1.54) is 25.3 Å². The fraction of sp³-hybridized carbons (Fsp3) is 0.300. The summed E-state index contributed by atoms with van der Waals surface area (Å²) in [6.07, 6.45) is 0.0974. The van der Waals surface area contributed by atoms with Crippen LogP contribution >= 0.6 is 0 Å². The number of methoxy groups -OCH3 is 1. The van der Waals surface area contributed by atoms with Crippen LogP contribution in [0, 0.1) is 10.1 Å². The normalized spacial score (nSPS) is 11.9. The molecule has 0 fully saturated rings. The van der Waals surface area contributed by atoms with Crippen LogP contribution in [0.4, 0.5) is 5.69 Å².